The van der Waals surface area contributed by atoms with Crippen molar-refractivity contribution in [3.05, 3.63) is 63.3 Å². The molecule has 5 heteroatoms. The Bertz CT molecular complexity index is 734. The van der Waals surface area contributed by atoms with Crippen molar-refractivity contribution in [2.45, 2.75) is 0 Å². The van der Waals surface area contributed by atoms with E-state index in [2.05, 4.69) is 0 Å². The number of allylic oxidation sites excluding steroid dienone is 1. The summed E-state index contributed by atoms with van der Waals surface area (Å²) in [6, 6.07) is 9.54. The lowest BCUT2D eigenvalue weighted by Gasteiger charge is -2.01. The van der Waals surface area contributed by atoms with Crippen LogP contribution in [-0.2, 0) is 0 Å². The number of phenols is 1. The summed E-state index contributed by atoms with van der Waals surface area (Å²) in [7, 11) is 0. The molecule has 2 aromatic carbocycles. The number of carbonyl (C=O) groups excluding carboxylic acids is 1. The second-order valence-corrected chi connectivity index (χ2v) is 5.08. The van der Waals surface area contributed by atoms with Crippen molar-refractivity contribution in [2.75, 3.05) is 0 Å². The fraction of sp³-hybridized carbons (Fsp3) is 0. The minimum Gasteiger partial charge on any atom is -0.508 e. The average molecular weight is 307 g/mol. The molecule has 2 aromatic rings. The Morgan fingerprint density at radius 1 is 1.00 bits per heavy atom. The highest BCUT2D eigenvalue weighted by molar-refractivity contribution is 6.39. The molecule has 0 saturated carbocycles. The molecule has 0 radical (unpaired) electrons. The van der Waals surface area contributed by atoms with Crippen molar-refractivity contribution in [1.29, 1.82) is 0 Å². The predicted octanol–water partition coefficient (Wildman–Crippen LogP) is 4.32. The number of rotatable bonds is 1. The summed E-state index contributed by atoms with van der Waals surface area (Å²) in [6.45, 7) is 0. The van der Waals surface area contributed by atoms with Gasteiger partial charge < -0.3 is 9.84 Å². The van der Waals surface area contributed by atoms with Crippen LogP contribution in [0, 0.1) is 0 Å². The Morgan fingerprint density at radius 2 is 1.65 bits per heavy atom. The summed E-state index contributed by atoms with van der Waals surface area (Å²) in [4.78, 5) is 12.3. The molecule has 0 saturated heterocycles. The van der Waals surface area contributed by atoms with Crippen LogP contribution >= 0.6 is 23.2 Å². The van der Waals surface area contributed by atoms with Gasteiger partial charge in [0.15, 0.2) is 11.5 Å². The fourth-order valence-electron chi connectivity index (χ4n) is 1.94. The van der Waals surface area contributed by atoms with Gasteiger partial charge in [-0.15, -0.1) is 0 Å². The van der Waals surface area contributed by atoms with Crippen LogP contribution in [0.25, 0.3) is 6.08 Å². The van der Waals surface area contributed by atoms with Gasteiger partial charge in [-0.1, -0.05) is 35.3 Å². The van der Waals surface area contributed by atoms with Crippen molar-refractivity contribution in [2.24, 2.45) is 0 Å². The molecule has 0 unspecified atom stereocenters. The Labute approximate surface area is 125 Å². The topological polar surface area (TPSA) is 46.5 Å². The number of hydrogen-bond acceptors (Lipinski definition) is 3. The summed E-state index contributed by atoms with van der Waals surface area (Å²) >= 11 is 12.0. The largest absolute Gasteiger partial charge is 0.508 e. The first-order chi connectivity index (χ1) is 9.56. The molecule has 0 aromatic heterocycles. The maximum absolute atomic E-state index is 12.3. The van der Waals surface area contributed by atoms with Crippen LogP contribution in [0.4, 0.5) is 0 Å². The third-order valence-corrected chi connectivity index (χ3v) is 3.53. The maximum atomic E-state index is 12.3. The number of benzene rings is 2. The van der Waals surface area contributed by atoms with Crippen LogP contribution in [0.1, 0.15) is 15.9 Å². The van der Waals surface area contributed by atoms with Gasteiger partial charge in [-0.05, 0) is 35.9 Å². The second kappa shape index (κ2) is 4.85. The first kappa shape index (κ1) is 13.0. The van der Waals surface area contributed by atoms with Crippen molar-refractivity contribution in [3.63, 3.8) is 0 Å². The van der Waals surface area contributed by atoms with Gasteiger partial charge in [0.25, 0.3) is 0 Å². The van der Waals surface area contributed by atoms with Gasteiger partial charge in [-0.2, -0.15) is 0 Å². The highest BCUT2D eigenvalue weighted by Gasteiger charge is 2.31. The van der Waals surface area contributed by atoms with Crippen LogP contribution in [0.3, 0.4) is 0 Å². The van der Waals surface area contributed by atoms with Gasteiger partial charge >= 0.3 is 0 Å². The Hall–Kier alpha value is -1.97. The average Bonchev–Trinajstić information content (AvgIpc) is 2.76. The molecule has 0 atom stereocenters. The maximum Gasteiger partial charge on any atom is 0.233 e. The van der Waals surface area contributed by atoms with Crippen molar-refractivity contribution >= 4 is 35.1 Å². The van der Waals surface area contributed by atoms with E-state index in [-0.39, 0.29) is 28.6 Å². The van der Waals surface area contributed by atoms with E-state index in [4.69, 9.17) is 27.9 Å². The van der Waals surface area contributed by atoms with Crippen molar-refractivity contribution < 1.29 is 14.6 Å². The van der Waals surface area contributed by atoms with Crippen LogP contribution in [-0.4, -0.2) is 10.9 Å². The number of halogens is 2. The van der Waals surface area contributed by atoms with Gasteiger partial charge in [-0.3, -0.25) is 4.79 Å². The first-order valence-corrected chi connectivity index (χ1v) is 6.53. The first-order valence-electron chi connectivity index (χ1n) is 5.77. The Kier molecular flexibility index (Phi) is 3.16. The SMILES string of the molecule is O=C1C(=Cc2ccc(O)cc2)Oc2c(Cl)ccc(Cl)c21. The molecule has 0 spiro atoms. The monoisotopic (exact) mass is 306 g/mol. The third kappa shape index (κ3) is 2.15. The molecule has 100 valence electrons. The van der Waals surface area contributed by atoms with E-state index in [1.165, 1.54) is 12.1 Å². The summed E-state index contributed by atoms with van der Waals surface area (Å²) in [5.41, 5.74) is 1.01. The number of fused-ring (bicyclic) bond motifs is 1. The highest BCUT2D eigenvalue weighted by atomic mass is 35.5. The Balaban J connectivity index is 2.04. The summed E-state index contributed by atoms with van der Waals surface area (Å²) in [5, 5.41) is 9.88. The lowest BCUT2D eigenvalue weighted by Crippen LogP contribution is -1.98. The number of aromatic hydroxyl groups is 1. The molecular formula is C15H8Cl2O3. The third-order valence-electron chi connectivity index (χ3n) is 2.91. The second-order valence-electron chi connectivity index (χ2n) is 4.26. The van der Waals surface area contributed by atoms with E-state index in [1.54, 1.807) is 30.3 Å². The molecule has 3 rings (SSSR count). The number of carbonyl (C=O) groups is 1. The zero-order valence-corrected chi connectivity index (χ0v) is 11.6. The van der Waals surface area contributed by atoms with E-state index in [0.29, 0.717) is 10.0 Å². The van der Waals surface area contributed by atoms with Crippen LogP contribution in [0.5, 0.6) is 11.5 Å². The minimum absolute atomic E-state index is 0.153. The van der Waals surface area contributed by atoms with Gasteiger partial charge in [0.2, 0.25) is 5.78 Å². The predicted molar refractivity (Wildman–Crippen MR) is 77.5 cm³/mol. The molecule has 3 nitrogen and oxygen atoms in total. The lowest BCUT2D eigenvalue weighted by atomic mass is 10.1. The summed E-state index contributed by atoms with van der Waals surface area (Å²) < 4.78 is 5.50. The van der Waals surface area contributed by atoms with Crippen molar-refractivity contribution in [3.8, 4) is 11.5 Å². The van der Waals surface area contributed by atoms with Gasteiger partial charge in [0, 0.05) is 0 Å². The van der Waals surface area contributed by atoms with Crippen LogP contribution in [0.2, 0.25) is 10.0 Å². The number of phenolic OH excluding ortho intramolecular Hbond substituents is 1. The number of hydrogen-bond donors (Lipinski definition) is 1. The fourth-order valence-corrected chi connectivity index (χ4v) is 2.37. The van der Waals surface area contributed by atoms with Gasteiger partial charge in [0.1, 0.15) is 5.75 Å². The quantitative estimate of drug-likeness (QED) is 0.798. The molecule has 1 aliphatic heterocycles. The normalized spacial score (nSPS) is 15.3. The van der Waals surface area contributed by atoms with Crippen molar-refractivity contribution in [1.82, 2.24) is 0 Å². The zero-order valence-electron chi connectivity index (χ0n) is 10.1. The lowest BCUT2D eigenvalue weighted by molar-refractivity contribution is 0.101. The zero-order chi connectivity index (χ0) is 14.3. The number of ketones is 1. The smallest absolute Gasteiger partial charge is 0.233 e. The van der Waals surface area contributed by atoms with Gasteiger partial charge in [-0.25, -0.2) is 0 Å². The molecule has 0 amide bonds. The molecule has 0 bridgehead atoms. The molecule has 1 N–H and O–H groups in total. The standard InChI is InChI=1S/C15H8Cl2O3/c16-10-5-6-11(17)15-13(10)14(19)12(20-15)7-8-1-3-9(18)4-2-8/h1-7,18H. The molecular weight excluding hydrogens is 299 g/mol. The summed E-state index contributed by atoms with van der Waals surface area (Å²) in [5.74, 6) is 0.288. The molecule has 1 heterocycles. The van der Waals surface area contributed by atoms with Crippen LogP contribution < -0.4 is 4.74 Å². The van der Waals surface area contributed by atoms with E-state index < -0.39 is 0 Å². The van der Waals surface area contributed by atoms with Crippen LogP contribution in [0.15, 0.2) is 42.2 Å². The number of ether oxygens (including phenoxy) is 1. The van der Waals surface area contributed by atoms with E-state index in [1.807, 2.05) is 0 Å². The summed E-state index contributed by atoms with van der Waals surface area (Å²) in [6.07, 6.45) is 1.58. The molecule has 0 fully saturated rings. The molecule has 20 heavy (non-hydrogen) atoms. The molecule has 0 aliphatic carbocycles. The Morgan fingerprint density at radius 3 is 2.30 bits per heavy atom. The highest BCUT2D eigenvalue weighted by Crippen LogP contribution is 2.41. The van der Waals surface area contributed by atoms with Gasteiger partial charge in [0.05, 0.1) is 15.6 Å². The van der Waals surface area contributed by atoms with E-state index >= 15 is 0 Å². The van der Waals surface area contributed by atoms with E-state index in [0.717, 1.165) is 5.56 Å². The number of Topliss-reactive ketones (excluding diaryl/α,β-unsaturated/α-hetero) is 1. The molecule has 1 aliphatic rings. The van der Waals surface area contributed by atoms with E-state index in [9.17, 15) is 9.90 Å². The minimum atomic E-state index is -0.305.